The number of carbonyl (C=O) groups excluding carboxylic acids is 2. The van der Waals surface area contributed by atoms with Gasteiger partial charge in [-0.1, -0.05) is 25.1 Å². The molecule has 4 nitrogen and oxygen atoms in total. The molecule has 0 radical (unpaired) electrons. The molecule has 0 heterocycles. The Morgan fingerprint density at radius 1 is 1.28 bits per heavy atom. The van der Waals surface area contributed by atoms with Crippen LogP contribution in [0.1, 0.15) is 25.8 Å². The number of benzene rings is 1. The van der Waals surface area contributed by atoms with E-state index in [0.717, 1.165) is 6.42 Å². The third kappa shape index (κ3) is 4.82. The zero-order chi connectivity index (χ0) is 13.4. The van der Waals surface area contributed by atoms with E-state index in [1.54, 1.807) is 30.3 Å². The summed E-state index contributed by atoms with van der Waals surface area (Å²) < 4.78 is 9.92. The van der Waals surface area contributed by atoms with E-state index in [1.807, 2.05) is 6.92 Å². The summed E-state index contributed by atoms with van der Waals surface area (Å²) in [7, 11) is 0. The summed E-state index contributed by atoms with van der Waals surface area (Å²) in [6.45, 7) is 3.65. The fourth-order valence-electron chi connectivity index (χ4n) is 1.27. The second-order valence-electron chi connectivity index (χ2n) is 3.63. The van der Waals surface area contributed by atoms with Gasteiger partial charge in [-0.3, -0.25) is 4.79 Å². The molecule has 1 rings (SSSR count). The van der Waals surface area contributed by atoms with Gasteiger partial charge in [0.25, 0.3) is 0 Å². The summed E-state index contributed by atoms with van der Waals surface area (Å²) in [6, 6.07) is 6.97. The first-order valence-electron chi connectivity index (χ1n) is 5.75. The molecule has 0 fully saturated rings. The zero-order valence-electron chi connectivity index (χ0n) is 10.5. The maximum absolute atomic E-state index is 11.3. The number of hydrogen-bond acceptors (Lipinski definition) is 4. The van der Waals surface area contributed by atoms with Gasteiger partial charge in [0.05, 0.1) is 6.61 Å². The van der Waals surface area contributed by atoms with Gasteiger partial charge >= 0.3 is 11.9 Å². The Labute approximate surface area is 106 Å². The molecule has 0 aliphatic heterocycles. The largest absolute Gasteiger partial charge is 0.463 e. The molecule has 4 heteroatoms. The predicted octanol–water partition coefficient (Wildman–Crippen LogP) is 2.58. The number of ether oxygens (including phenoxy) is 2. The molecule has 18 heavy (non-hydrogen) atoms. The van der Waals surface area contributed by atoms with E-state index >= 15 is 0 Å². The normalized spacial score (nSPS) is 10.3. The van der Waals surface area contributed by atoms with Crippen LogP contribution in [0.4, 0.5) is 0 Å². The maximum Gasteiger partial charge on any atom is 0.330 e. The highest BCUT2D eigenvalue weighted by molar-refractivity contribution is 5.87. The lowest BCUT2D eigenvalue weighted by Gasteiger charge is -2.04. The molecule has 1 aromatic carbocycles. The molecule has 96 valence electrons. The van der Waals surface area contributed by atoms with Crippen LogP contribution in [0.3, 0.4) is 0 Å². The Kier molecular flexibility index (Phi) is 5.64. The summed E-state index contributed by atoms with van der Waals surface area (Å²) >= 11 is 0. The highest BCUT2D eigenvalue weighted by atomic mass is 16.5. The average Bonchev–Trinajstić information content (AvgIpc) is 2.34. The number of rotatable bonds is 5. The molecule has 0 aliphatic carbocycles. The molecule has 0 amide bonds. The highest BCUT2D eigenvalue weighted by Crippen LogP contribution is 2.19. The quantitative estimate of drug-likeness (QED) is 0.456. The van der Waals surface area contributed by atoms with Crippen LogP contribution < -0.4 is 4.74 Å². The fourth-order valence-corrected chi connectivity index (χ4v) is 1.27. The van der Waals surface area contributed by atoms with Crippen molar-refractivity contribution < 1.29 is 19.1 Å². The molecular weight excluding hydrogens is 232 g/mol. The molecule has 0 saturated heterocycles. The van der Waals surface area contributed by atoms with Crippen LogP contribution >= 0.6 is 0 Å². The molecule has 0 bridgehead atoms. The van der Waals surface area contributed by atoms with Gasteiger partial charge in [0.1, 0.15) is 5.75 Å². The van der Waals surface area contributed by atoms with Gasteiger partial charge in [-0.05, 0) is 18.6 Å². The van der Waals surface area contributed by atoms with Crippen LogP contribution in [-0.2, 0) is 14.3 Å². The minimum absolute atomic E-state index is 0.398. The summed E-state index contributed by atoms with van der Waals surface area (Å²) in [5.74, 6) is -0.386. The van der Waals surface area contributed by atoms with Crippen molar-refractivity contribution in [3.63, 3.8) is 0 Å². The highest BCUT2D eigenvalue weighted by Gasteiger charge is 2.03. The molecular formula is C14H16O4. The first kappa shape index (κ1) is 14.0. The van der Waals surface area contributed by atoms with E-state index in [9.17, 15) is 9.59 Å². The van der Waals surface area contributed by atoms with E-state index in [0.29, 0.717) is 17.9 Å². The van der Waals surface area contributed by atoms with Crippen molar-refractivity contribution in [1.29, 1.82) is 0 Å². The Balaban J connectivity index is 2.74. The molecule has 0 aliphatic rings. The maximum atomic E-state index is 11.3. The second kappa shape index (κ2) is 7.27. The summed E-state index contributed by atoms with van der Waals surface area (Å²) in [5.41, 5.74) is 0.654. The molecule has 0 N–H and O–H groups in total. The van der Waals surface area contributed by atoms with Crippen molar-refractivity contribution in [3.05, 3.63) is 35.9 Å². The van der Waals surface area contributed by atoms with Crippen LogP contribution in [0, 0.1) is 0 Å². The first-order valence-corrected chi connectivity index (χ1v) is 5.75. The Hall–Kier alpha value is -2.10. The third-order valence-electron chi connectivity index (χ3n) is 2.02. The number of para-hydroxylation sites is 1. The SMILES string of the molecule is CCCOC(=O)C=Cc1ccccc1OC(C)=O. The average molecular weight is 248 g/mol. The van der Waals surface area contributed by atoms with Gasteiger partial charge < -0.3 is 9.47 Å². The van der Waals surface area contributed by atoms with E-state index in [-0.39, 0.29) is 0 Å². The lowest BCUT2D eigenvalue weighted by molar-refractivity contribution is -0.137. The summed E-state index contributed by atoms with van der Waals surface area (Å²) in [5, 5.41) is 0. The Morgan fingerprint density at radius 2 is 2.00 bits per heavy atom. The second-order valence-corrected chi connectivity index (χ2v) is 3.63. The summed E-state index contributed by atoms with van der Waals surface area (Å²) in [4.78, 5) is 22.2. The van der Waals surface area contributed by atoms with Crippen molar-refractivity contribution in [3.8, 4) is 5.75 Å². The predicted molar refractivity (Wildman–Crippen MR) is 68.0 cm³/mol. The third-order valence-corrected chi connectivity index (χ3v) is 2.02. The van der Waals surface area contributed by atoms with E-state index in [1.165, 1.54) is 13.0 Å². The molecule has 0 aromatic heterocycles. The minimum atomic E-state index is -0.408. The van der Waals surface area contributed by atoms with Crippen molar-refractivity contribution in [2.45, 2.75) is 20.3 Å². The van der Waals surface area contributed by atoms with Crippen molar-refractivity contribution in [2.75, 3.05) is 6.61 Å². The first-order chi connectivity index (χ1) is 8.63. The molecule has 0 atom stereocenters. The standard InChI is InChI=1S/C14H16O4/c1-3-10-17-14(16)9-8-12-6-4-5-7-13(12)18-11(2)15/h4-9H,3,10H2,1-2H3. The smallest absolute Gasteiger partial charge is 0.330 e. The van der Waals surface area contributed by atoms with Crippen molar-refractivity contribution in [1.82, 2.24) is 0 Å². The molecule has 0 unspecified atom stereocenters. The monoisotopic (exact) mass is 248 g/mol. The van der Waals surface area contributed by atoms with Crippen molar-refractivity contribution in [2.24, 2.45) is 0 Å². The lowest BCUT2D eigenvalue weighted by atomic mass is 10.2. The van der Waals surface area contributed by atoms with Gasteiger partial charge in [-0.2, -0.15) is 0 Å². The van der Waals surface area contributed by atoms with Crippen LogP contribution in [-0.4, -0.2) is 18.5 Å². The summed E-state index contributed by atoms with van der Waals surface area (Å²) in [6.07, 6.45) is 3.66. The number of carbonyl (C=O) groups is 2. The van der Waals surface area contributed by atoms with Gasteiger partial charge in [-0.15, -0.1) is 0 Å². The van der Waals surface area contributed by atoms with Crippen molar-refractivity contribution >= 4 is 18.0 Å². The van der Waals surface area contributed by atoms with Crippen LogP contribution in [0.5, 0.6) is 5.75 Å². The Morgan fingerprint density at radius 3 is 2.67 bits per heavy atom. The molecule has 1 aromatic rings. The van der Waals surface area contributed by atoms with Gasteiger partial charge in [0.2, 0.25) is 0 Å². The van der Waals surface area contributed by atoms with Crippen LogP contribution in [0.2, 0.25) is 0 Å². The van der Waals surface area contributed by atoms with E-state index in [2.05, 4.69) is 0 Å². The molecule has 0 saturated carbocycles. The van der Waals surface area contributed by atoms with Gasteiger partial charge in [0.15, 0.2) is 0 Å². The van der Waals surface area contributed by atoms with E-state index < -0.39 is 11.9 Å². The number of esters is 2. The van der Waals surface area contributed by atoms with Crippen LogP contribution in [0.25, 0.3) is 6.08 Å². The van der Waals surface area contributed by atoms with Crippen LogP contribution in [0.15, 0.2) is 30.3 Å². The topological polar surface area (TPSA) is 52.6 Å². The fraction of sp³-hybridized carbons (Fsp3) is 0.286. The lowest BCUT2D eigenvalue weighted by Crippen LogP contribution is -2.03. The zero-order valence-corrected chi connectivity index (χ0v) is 10.5. The number of hydrogen-bond donors (Lipinski definition) is 0. The van der Waals surface area contributed by atoms with Gasteiger partial charge in [0, 0.05) is 18.6 Å². The minimum Gasteiger partial charge on any atom is -0.463 e. The van der Waals surface area contributed by atoms with E-state index in [4.69, 9.17) is 9.47 Å². The molecule has 0 spiro atoms. The Bertz CT molecular complexity index is 449. The van der Waals surface area contributed by atoms with Gasteiger partial charge in [-0.25, -0.2) is 4.79 Å².